The molecule has 1 aromatic rings. The van der Waals surface area contributed by atoms with Gasteiger partial charge in [-0.15, -0.1) is 0 Å². The van der Waals surface area contributed by atoms with E-state index in [4.69, 9.17) is 16.8 Å². The Kier molecular flexibility index (Phi) is 4.53. The molecule has 0 spiro atoms. The van der Waals surface area contributed by atoms with Crippen LogP contribution in [0.3, 0.4) is 0 Å². The lowest BCUT2D eigenvalue weighted by Crippen LogP contribution is -2.32. The number of rotatable bonds is 4. The monoisotopic (exact) mass is 330 g/mol. The maximum absolute atomic E-state index is 12.1. The third-order valence-electron chi connectivity index (χ3n) is 2.45. The Hall–Kier alpha value is -1.29. The molecule has 0 radical (unpaired) electrons. The van der Waals surface area contributed by atoms with Gasteiger partial charge in [-0.05, 0) is 23.8 Å². The lowest BCUT2D eigenvalue weighted by molar-refractivity contribution is -0.121. The van der Waals surface area contributed by atoms with Gasteiger partial charge in [0.25, 0.3) is 16.0 Å². The molecule has 1 aliphatic rings. The van der Waals surface area contributed by atoms with Gasteiger partial charge in [-0.25, -0.2) is 0 Å². The SMILES string of the molecule is O=C1/C(=C/c2ccncc2)SC(=S)N1CCS(=O)(=O)O. The number of carbonyl (C=O) groups is 1. The van der Waals surface area contributed by atoms with E-state index in [-0.39, 0.29) is 16.8 Å². The number of thioether (sulfide) groups is 1. The molecule has 0 aromatic carbocycles. The molecule has 1 aliphatic heterocycles. The average molecular weight is 330 g/mol. The van der Waals surface area contributed by atoms with Crippen LogP contribution in [0, 0.1) is 0 Å². The van der Waals surface area contributed by atoms with Gasteiger partial charge in [0, 0.05) is 18.9 Å². The third kappa shape index (κ3) is 3.85. The molecule has 0 atom stereocenters. The van der Waals surface area contributed by atoms with Gasteiger partial charge in [0.15, 0.2) is 0 Å². The Morgan fingerprint density at radius 2 is 2.05 bits per heavy atom. The Balaban J connectivity index is 2.15. The molecule has 1 saturated heterocycles. The smallest absolute Gasteiger partial charge is 0.266 e. The van der Waals surface area contributed by atoms with E-state index < -0.39 is 15.9 Å². The molecule has 2 heterocycles. The van der Waals surface area contributed by atoms with Crippen molar-refractivity contribution >= 4 is 50.4 Å². The average Bonchev–Trinajstić information content (AvgIpc) is 2.63. The fourth-order valence-electron chi connectivity index (χ4n) is 1.51. The number of carbonyl (C=O) groups excluding carboxylic acids is 1. The quantitative estimate of drug-likeness (QED) is 0.504. The first kappa shape index (κ1) is 15.1. The summed E-state index contributed by atoms with van der Waals surface area (Å²) in [4.78, 5) is 17.5. The molecule has 1 aromatic heterocycles. The number of aromatic nitrogens is 1. The summed E-state index contributed by atoms with van der Waals surface area (Å²) < 4.78 is 30.4. The first-order chi connectivity index (χ1) is 9.37. The molecule has 0 saturated carbocycles. The van der Waals surface area contributed by atoms with Crippen molar-refractivity contribution in [3.63, 3.8) is 0 Å². The Labute approximate surface area is 125 Å². The van der Waals surface area contributed by atoms with Crippen LogP contribution in [0.4, 0.5) is 0 Å². The number of thiocarbonyl (C=S) groups is 1. The number of hydrogen-bond acceptors (Lipinski definition) is 6. The largest absolute Gasteiger partial charge is 0.292 e. The fraction of sp³-hybridized carbons (Fsp3) is 0.182. The summed E-state index contributed by atoms with van der Waals surface area (Å²) in [6.07, 6.45) is 4.87. The number of hydrogen-bond donors (Lipinski definition) is 1. The summed E-state index contributed by atoms with van der Waals surface area (Å²) in [6, 6.07) is 3.48. The maximum atomic E-state index is 12.1. The maximum Gasteiger partial charge on any atom is 0.266 e. The zero-order valence-electron chi connectivity index (χ0n) is 10.1. The second-order valence-electron chi connectivity index (χ2n) is 3.90. The zero-order chi connectivity index (χ0) is 14.8. The highest BCUT2D eigenvalue weighted by Gasteiger charge is 2.32. The van der Waals surface area contributed by atoms with Gasteiger partial charge >= 0.3 is 0 Å². The normalized spacial score (nSPS) is 18.1. The van der Waals surface area contributed by atoms with Gasteiger partial charge in [0.1, 0.15) is 4.32 Å². The van der Waals surface area contributed by atoms with E-state index in [1.165, 1.54) is 4.90 Å². The van der Waals surface area contributed by atoms with Crippen molar-refractivity contribution in [1.29, 1.82) is 0 Å². The number of amides is 1. The lowest BCUT2D eigenvalue weighted by Gasteiger charge is -2.12. The van der Waals surface area contributed by atoms with Crippen molar-refractivity contribution in [1.82, 2.24) is 9.88 Å². The van der Waals surface area contributed by atoms with Crippen molar-refractivity contribution in [3.8, 4) is 0 Å². The Morgan fingerprint density at radius 1 is 1.40 bits per heavy atom. The van der Waals surface area contributed by atoms with Crippen LogP contribution in [-0.2, 0) is 14.9 Å². The van der Waals surface area contributed by atoms with Crippen LogP contribution < -0.4 is 0 Å². The summed E-state index contributed by atoms with van der Waals surface area (Å²) in [5.74, 6) is -0.900. The topological polar surface area (TPSA) is 87.6 Å². The second-order valence-corrected chi connectivity index (χ2v) is 7.15. The van der Waals surface area contributed by atoms with Gasteiger partial charge in [-0.1, -0.05) is 24.0 Å². The molecule has 0 aliphatic carbocycles. The summed E-state index contributed by atoms with van der Waals surface area (Å²) in [5.41, 5.74) is 0.801. The zero-order valence-corrected chi connectivity index (χ0v) is 12.5. The van der Waals surface area contributed by atoms with Crippen molar-refractivity contribution < 1.29 is 17.8 Å². The second kappa shape index (κ2) is 6.00. The van der Waals surface area contributed by atoms with Gasteiger partial charge in [-0.2, -0.15) is 8.42 Å². The van der Waals surface area contributed by atoms with Crippen molar-refractivity contribution in [2.75, 3.05) is 12.3 Å². The Morgan fingerprint density at radius 3 is 2.65 bits per heavy atom. The molecule has 1 N–H and O–H groups in total. The van der Waals surface area contributed by atoms with Crippen LogP contribution in [0.1, 0.15) is 5.56 Å². The first-order valence-electron chi connectivity index (χ1n) is 5.47. The summed E-state index contributed by atoms with van der Waals surface area (Å²) in [6.45, 7) is -0.156. The molecular weight excluding hydrogens is 320 g/mol. The molecule has 0 bridgehead atoms. The van der Waals surface area contributed by atoms with Crippen LogP contribution in [0.25, 0.3) is 6.08 Å². The molecule has 6 nitrogen and oxygen atoms in total. The minimum atomic E-state index is -4.13. The van der Waals surface area contributed by atoms with Gasteiger partial charge < -0.3 is 0 Å². The molecule has 9 heteroatoms. The molecular formula is C11H10N2O4S3. The summed E-state index contributed by atoms with van der Waals surface area (Å²) in [7, 11) is -4.13. The van der Waals surface area contributed by atoms with E-state index in [0.717, 1.165) is 17.3 Å². The molecule has 20 heavy (non-hydrogen) atoms. The molecule has 1 fully saturated rings. The minimum absolute atomic E-state index is 0.156. The van der Waals surface area contributed by atoms with Crippen LogP contribution in [0.15, 0.2) is 29.4 Å². The van der Waals surface area contributed by atoms with E-state index in [2.05, 4.69) is 4.98 Å². The van der Waals surface area contributed by atoms with Crippen LogP contribution in [-0.4, -0.2) is 45.4 Å². The van der Waals surface area contributed by atoms with Gasteiger partial charge in [-0.3, -0.25) is 19.2 Å². The van der Waals surface area contributed by atoms with Crippen molar-refractivity contribution in [2.24, 2.45) is 0 Å². The first-order valence-corrected chi connectivity index (χ1v) is 8.31. The molecule has 2 rings (SSSR count). The van der Waals surface area contributed by atoms with Gasteiger partial charge in [0.05, 0.1) is 10.7 Å². The summed E-state index contributed by atoms with van der Waals surface area (Å²) >= 11 is 6.14. The van der Waals surface area contributed by atoms with Crippen LogP contribution in [0.5, 0.6) is 0 Å². The standard InChI is InChI=1S/C11H10N2O4S3/c14-10-9(7-8-1-3-12-4-2-8)19-11(18)13(10)5-6-20(15,16)17/h1-4,7H,5-6H2,(H,15,16,17)/b9-7-. The highest BCUT2D eigenvalue weighted by Crippen LogP contribution is 2.32. The van der Waals surface area contributed by atoms with Gasteiger partial charge in [0.2, 0.25) is 0 Å². The van der Waals surface area contributed by atoms with Crippen molar-refractivity contribution in [2.45, 2.75) is 0 Å². The molecule has 1 amide bonds. The van der Waals surface area contributed by atoms with E-state index in [0.29, 0.717) is 4.91 Å². The molecule has 0 unspecified atom stereocenters. The fourth-order valence-corrected chi connectivity index (χ4v) is 3.23. The third-order valence-corrected chi connectivity index (χ3v) is 4.53. The predicted octanol–water partition coefficient (Wildman–Crippen LogP) is 1.17. The number of nitrogens with zero attached hydrogens (tertiary/aromatic N) is 2. The lowest BCUT2D eigenvalue weighted by atomic mass is 10.2. The Bertz CT molecular complexity index is 670. The minimum Gasteiger partial charge on any atom is -0.292 e. The van der Waals surface area contributed by atoms with Crippen LogP contribution >= 0.6 is 24.0 Å². The highest BCUT2D eigenvalue weighted by atomic mass is 32.2. The summed E-state index contributed by atoms with van der Waals surface area (Å²) in [5, 5.41) is 0. The van der Waals surface area contributed by atoms with Crippen LogP contribution in [0.2, 0.25) is 0 Å². The van der Waals surface area contributed by atoms with E-state index >= 15 is 0 Å². The predicted molar refractivity (Wildman–Crippen MR) is 80.5 cm³/mol. The van der Waals surface area contributed by atoms with E-state index in [1.807, 2.05) is 0 Å². The highest BCUT2D eigenvalue weighted by molar-refractivity contribution is 8.26. The van der Waals surface area contributed by atoms with Crippen molar-refractivity contribution in [3.05, 3.63) is 35.0 Å². The number of pyridine rings is 1. The van der Waals surface area contributed by atoms with E-state index in [1.54, 1.807) is 30.6 Å². The molecule has 106 valence electrons. The van der Waals surface area contributed by atoms with E-state index in [9.17, 15) is 13.2 Å².